The summed E-state index contributed by atoms with van der Waals surface area (Å²) in [5.74, 6) is -0.392. The predicted molar refractivity (Wildman–Crippen MR) is 211 cm³/mol. The van der Waals surface area contributed by atoms with Crippen LogP contribution < -0.4 is 22.1 Å². The molecule has 2 aliphatic carbocycles. The Balaban J connectivity index is 0.000000146. The highest BCUT2D eigenvalue weighted by Gasteiger charge is 2.44. The number of nitrogens with one attached hydrogen (secondary N) is 4. The zero-order valence-electron chi connectivity index (χ0n) is 30.1. The Bertz CT molecular complexity index is 2700. The Labute approximate surface area is 316 Å². The van der Waals surface area contributed by atoms with E-state index in [0.717, 1.165) is 55.1 Å². The second kappa shape index (κ2) is 13.3. The van der Waals surface area contributed by atoms with Crippen molar-refractivity contribution in [3.8, 4) is 22.5 Å². The molecule has 2 aromatic carbocycles. The maximum atomic E-state index is 13.1. The Morgan fingerprint density at radius 3 is 1.45 bits per heavy atom. The van der Waals surface area contributed by atoms with Crippen LogP contribution in [0, 0.1) is 25.7 Å². The van der Waals surface area contributed by atoms with E-state index in [-0.39, 0.29) is 24.7 Å². The SMILES string of the molecule is Cc1cc2[nH]cnc2cc1-c1cc2cc(NC(=O)[C@@H]3C[C@@H]3F)ncc2c(N)n1.Cc1cc2[nH]cnc2cc1-c1cc2cc(NC(=O)[C@H]3C[C@H]3F)ncc2c(N)n1. The number of rotatable bonds is 6. The number of alkyl halides is 2. The van der Waals surface area contributed by atoms with Crippen LogP contribution in [-0.4, -0.2) is 64.0 Å². The van der Waals surface area contributed by atoms with E-state index >= 15 is 0 Å². The number of imidazole rings is 2. The molecule has 4 atom stereocenters. The van der Waals surface area contributed by atoms with Crippen LogP contribution in [0.25, 0.3) is 66.1 Å². The number of pyridine rings is 4. The molecule has 0 radical (unpaired) electrons. The molecule has 6 aromatic heterocycles. The molecule has 0 spiro atoms. The van der Waals surface area contributed by atoms with Gasteiger partial charge in [0.2, 0.25) is 11.8 Å². The van der Waals surface area contributed by atoms with Crippen molar-refractivity contribution in [1.82, 2.24) is 39.9 Å². The fourth-order valence-electron chi connectivity index (χ4n) is 6.80. The lowest BCUT2D eigenvalue weighted by atomic mass is 10.0. The van der Waals surface area contributed by atoms with Crippen LogP contribution in [0.15, 0.2) is 73.6 Å². The highest BCUT2D eigenvalue weighted by molar-refractivity contribution is 6.00. The lowest BCUT2D eigenvalue weighted by molar-refractivity contribution is -0.118. The van der Waals surface area contributed by atoms with E-state index in [1.54, 1.807) is 37.2 Å². The minimum atomic E-state index is -1.05. The van der Waals surface area contributed by atoms with Crippen LogP contribution in [-0.2, 0) is 9.59 Å². The topological polar surface area (TPSA) is 219 Å². The van der Waals surface area contributed by atoms with E-state index in [4.69, 9.17) is 11.5 Å². The lowest BCUT2D eigenvalue weighted by Crippen LogP contribution is -2.15. The monoisotopic (exact) mass is 752 g/mol. The minimum Gasteiger partial charge on any atom is -0.383 e. The summed E-state index contributed by atoms with van der Waals surface area (Å²) in [4.78, 5) is 56.2. The molecule has 2 saturated carbocycles. The van der Waals surface area contributed by atoms with Crippen LogP contribution in [0.4, 0.5) is 32.1 Å². The van der Waals surface area contributed by atoms with Crippen molar-refractivity contribution in [2.75, 3.05) is 22.1 Å². The number of halogens is 2. The average Bonchev–Trinajstić information content (AvgIpc) is 3.96. The van der Waals surface area contributed by atoms with Crippen LogP contribution >= 0.6 is 0 Å². The fourth-order valence-corrected chi connectivity index (χ4v) is 6.80. The summed E-state index contributed by atoms with van der Waals surface area (Å²) < 4.78 is 26.2. The van der Waals surface area contributed by atoms with Gasteiger partial charge in [0.1, 0.15) is 35.6 Å². The molecule has 56 heavy (non-hydrogen) atoms. The number of carbonyl (C=O) groups excluding carboxylic acids is 2. The molecule has 0 aliphatic heterocycles. The quantitative estimate of drug-likeness (QED) is 0.105. The van der Waals surface area contributed by atoms with Crippen LogP contribution in [0.3, 0.4) is 0 Å². The third-order valence-electron chi connectivity index (χ3n) is 10.2. The van der Waals surface area contributed by atoms with E-state index in [0.29, 0.717) is 45.4 Å². The number of aromatic nitrogens is 8. The van der Waals surface area contributed by atoms with E-state index in [1.165, 1.54) is 0 Å². The minimum absolute atomic E-state index is 0.273. The van der Waals surface area contributed by atoms with Crippen molar-refractivity contribution in [1.29, 1.82) is 0 Å². The summed E-state index contributed by atoms with van der Waals surface area (Å²) in [5, 5.41) is 8.31. The summed E-state index contributed by atoms with van der Waals surface area (Å²) >= 11 is 0. The number of hydrogen-bond acceptors (Lipinski definition) is 10. The van der Waals surface area contributed by atoms with Gasteiger partial charge in [-0.25, -0.2) is 38.7 Å². The summed E-state index contributed by atoms with van der Waals surface area (Å²) in [6.45, 7) is 4.00. The van der Waals surface area contributed by atoms with Crippen molar-refractivity contribution >= 4 is 78.7 Å². The molecule has 16 heteroatoms. The third kappa shape index (κ3) is 6.54. The number of nitrogens with zero attached hydrogens (tertiary/aromatic N) is 6. The van der Waals surface area contributed by atoms with E-state index in [2.05, 4.69) is 50.5 Å². The van der Waals surface area contributed by atoms with Crippen molar-refractivity contribution in [2.24, 2.45) is 11.8 Å². The van der Waals surface area contributed by atoms with Gasteiger partial charge in [-0.15, -0.1) is 0 Å². The standard InChI is InChI=1S/2C20H17FN6O/c2*1-9-2-16-17(25-8-24-16)6-11(9)15-3-10-4-18(23-7-13(10)19(22)26-15)27-20(28)12-5-14(12)21/h2*2-4,6-8,12,14H,5H2,1H3,(H2,22,26)(H,24,25)(H,23,27,28)/t2*12-,14+/m10/s1. The summed E-state index contributed by atoms with van der Waals surface area (Å²) in [7, 11) is 0. The number of aromatic amines is 2. The van der Waals surface area contributed by atoms with Crippen LogP contribution in [0.1, 0.15) is 24.0 Å². The molecule has 0 bridgehead atoms. The summed E-state index contributed by atoms with van der Waals surface area (Å²) in [5.41, 5.74) is 21.2. The second-order valence-corrected chi connectivity index (χ2v) is 14.2. The summed E-state index contributed by atoms with van der Waals surface area (Å²) in [6, 6.07) is 15.2. The molecule has 10 rings (SSSR count). The van der Waals surface area contributed by atoms with Crippen molar-refractivity contribution in [2.45, 2.75) is 39.0 Å². The van der Waals surface area contributed by atoms with Gasteiger partial charge in [0.05, 0.1) is 57.9 Å². The first-order valence-corrected chi connectivity index (χ1v) is 17.9. The van der Waals surface area contributed by atoms with Crippen LogP contribution in [0.2, 0.25) is 0 Å². The zero-order valence-corrected chi connectivity index (χ0v) is 30.1. The Hall–Kier alpha value is -7.10. The first-order valence-electron chi connectivity index (χ1n) is 17.9. The number of hydrogen-bond donors (Lipinski definition) is 6. The Morgan fingerprint density at radius 2 is 1.05 bits per heavy atom. The largest absolute Gasteiger partial charge is 0.383 e. The number of benzene rings is 2. The molecule has 2 fully saturated rings. The maximum absolute atomic E-state index is 13.1. The molecule has 280 valence electrons. The van der Waals surface area contributed by atoms with E-state index in [9.17, 15) is 18.4 Å². The Morgan fingerprint density at radius 1 is 0.643 bits per heavy atom. The molecule has 0 saturated heterocycles. The number of fused-ring (bicyclic) bond motifs is 4. The lowest BCUT2D eigenvalue weighted by Gasteiger charge is -2.10. The van der Waals surface area contributed by atoms with Crippen molar-refractivity contribution < 1.29 is 18.4 Å². The second-order valence-electron chi connectivity index (χ2n) is 14.2. The molecule has 8 aromatic rings. The van der Waals surface area contributed by atoms with Gasteiger partial charge in [0.15, 0.2) is 0 Å². The van der Waals surface area contributed by atoms with Gasteiger partial charge in [-0.3, -0.25) is 9.59 Å². The van der Waals surface area contributed by atoms with Crippen molar-refractivity contribution in [3.05, 3.63) is 84.7 Å². The fraction of sp³-hybridized carbons (Fsp3) is 0.200. The number of nitrogens with two attached hydrogens (primary N) is 2. The smallest absolute Gasteiger partial charge is 0.231 e. The molecular formula is C40H34F2N12O2. The number of H-pyrrole nitrogens is 2. The van der Waals surface area contributed by atoms with E-state index in [1.807, 2.05) is 50.2 Å². The van der Waals surface area contributed by atoms with Gasteiger partial charge < -0.3 is 32.1 Å². The third-order valence-corrected chi connectivity index (χ3v) is 10.2. The number of carbonyl (C=O) groups is 2. The molecule has 8 N–H and O–H groups in total. The first kappa shape index (κ1) is 34.7. The first-order chi connectivity index (χ1) is 27.0. The highest BCUT2D eigenvalue weighted by Crippen LogP contribution is 2.37. The molecule has 2 amide bonds. The van der Waals surface area contributed by atoms with Gasteiger partial charge in [-0.2, -0.15) is 0 Å². The highest BCUT2D eigenvalue weighted by atomic mass is 19.1. The zero-order chi connectivity index (χ0) is 38.8. The van der Waals surface area contributed by atoms with Gasteiger partial charge in [0, 0.05) is 34.3 Å². The normalized spacial score (nSPS) is 18.5. The van der Waals surface area contributed by atoms with Gasteiger partial charge in [0.25, 0.3) is 0 Å². The maximum Gasteiger partial charge on any atom is 0.231 e. The number of amides is 2. The molecule has 2 aliphatic rings. The van der Waals surface area contributed by atoms with E-state index < -0.39 is 24.2 Å². The molecule has 0 unspecified atom stereocenters. The van der Waals surface area contributed by atoms with Crippen LogP contribution in [0.5, 0.6) is 0 Å². The predicted octanol–water partition coefficient (Wildman–Crippen LogP) is 6.72. The Kier molecular flexibility index (Phi) is 8.25. The van der Waals surface area contributed by atoms with Gasteiger partial charge >= 0.3 is 0 Å². The number of anilines is 4. The number of nitrogen functional groups attached to an aromatic ring is 2. The summed E-state index contributed by atoms with van der Waals surface area (Å²) in [6.07, 6.45) is 4.89. The average molecular weight is 753 g/mol. The van der Waals surface area contributed by atoms with Crippen molar-refractivity contribution in [3.63, 3.8) is 0 Å². The molecule has 14 nitrogen and oxygen atoms in total. The molecule has 6 heterocycles. The van der Waals surface area contributed by atoms with Gasteiger partial charge in [-0.1, -0.05) is 0 Å². The number of aryl methyl sites for hydroxylation is 2. The van der Waals surface area contributed by atoms with Gasteiger partial charge in [-0.05, 0) is 97.1 Å². The molecular weight excluding hydrogens is 719 g/mol.